The summed E-state index contributed by atoms with van der Waals surface area (Å²) in [6, 6.07) is 0. The van der Waals surface area contributed by atoms with Gasteiger partial charge in [0.05, 0.1) is 6.61 Å². The lowest BCUT2D eigenvalue weighted by Gasteiger charge is -2.06. The summed E-state index contributed by atoms with van der Waals surface area (Å²) < 4.78 is 5.19. The van der Waals surface area contributed by atoms with Crippen LogP contribution in [0.2, 0.25) is 0 Å². The third kappa shape index (κ3) is 4.59. The van der Waals surface area contributed by atoms with Crippen molar-refractivity contribution in [1.82, 2.24) is 10.7 Å². The van der Waals surface area contributed by atoms with Gasteiger partial charge in [0, 0.05) is 25.6 Å². The topological polar surface area (TPSA) is 88.8 Å². The highest BCUT2D eigenvalue weighted by atomic mass is 16.7. The second kappa shape index (κ2) is 6.18. The summed E-state index contributed by atoms with van der Waals surface area (Å²) in [5, 5.41) is 12.4. The monoisotopic (exact) mass is 216 g/mol. The number of aliphatic imine (C=N–C) groups is 1. The van der Waals surface area contributed by atoms with Crippen LogP contribution in [0.25, 0.3) is 0 Å². The van der Waals surface area contributed by atoms with Crippen molar-refractivity contribution in [3.05, 3.63) is 10.1 Å². The molecule has 0 aliphatic carbocycles. The normalized spacial score (nSPS) is 21.4. The largest absolute Gasteiger partial charge is 0.381 e. The second-order valence-electron chi connectivity index (χ2n) is 3.32. The molecule has 7 nitrogen and oxygen atoms in total. The molecule has 0 spiro atoms. The molecule has 1 unspecified atom stereocenters. The van der Waals surface area contributed by atoms with Crippen molar-refractivity contribution >= 4 is 5.96 Å². The van der Waals surface area contributed by atoms with E-state index in [4.69, 9.17) is 4.74 Å². The molecule has 1 atom stereocenters. The first-order chi connectivity index (χ1) is 7.22. The summed E-state index contributed by atoms with van der Waals surface area (Å²) in [6.45, 7) is 4.47. The number of rotatable bonds is 4. The van der Waals surface area contributed by atoms with Gasteiger partial charge in [-0.3, -0.25) is 0 Å². The Kier molecular flexibility index (Phi) is 4.82. The minimum Gasteiger partial charge on any atom is -0.381 e. The summed E-state index contributed by atoms with van der Waals surface area (Å²) in [5.74, 6) is 0.599. The molecular formula is C8H16N4O3. The highest BCUT2D eigenvalue weighted by Crippen LogP contribution is 2.11. The molecule has 0 radical (unpaired) electrons. The van der Waals surface area contributed by atoms with Crippen LogP contribution in [0.15, 0.2) is 4.99 Å². The maximum absolute atomic E-state index is 10.2. The van der Waals surface area contributed by atoms with E-state index in [0.717, 1.165) is 13.0 Å². The van der Waals surface area contributed by atoms with Crippen molar-refractivity contribution in [3.8, 4) is 0 Å². The average Bonchev–Trinajstić information content (AvgIpc) is 2.66. The van der Waals surface area contributed by atoms with Crippen LogP contribution in [0.4, 0.5) is 0 Å². The number of guanidine groups is 1. The van der Waals surface area contributed by atoms with Crippen LogP contribution in [0, 0.1) is 16.0 Å². The van der Waals surface area contributed by atoms with Crippen molar-refractivity contribution in [2.45, 2.75) is 13.3 Å². The highest BCUT2D eigenvalue weighted by Gasteiger charge is 2.15. The molecule has 0 aromatic heterocycles. The fraction of sp³-hybridized carbons (Fsp3) is 0.875. The van der Waals surface area contributed by atoms with Crippen molar-refractivity contribution in [1.29, 1.82) is 0 Å². The first-order valence-corrected chi connectivity index (χ1v) is 4.99. The molecule has 0 aromatic rings. The van der Waals surface area contributed by atoms with Crippen molar-refractivity contribution < 1.29 is 9.77 Å². The third-order valence-corrected chi connectivity index (χ3v) is 2.07. The molecule has 0 saturated carbocycles. The summed E-state index contributed by atoms with van der Waals surface area (Å²) >= 11 is 0. The van der Waals surface area contributed by atoms with Gasteiger partial charge in [0.25, 0.3) is 5.96 Å². The van der Waals surface area contributed by atoms with E-state index in [1.54, 1.807) is 0 Å². The number of hydrogen-bond acceptors (Lipinski definition) is 4. The smallest absolute Gasteiger partial charge is 0.254 e. The van der Waals surface area contributed by atoms with Gasteiger partial charge >= 0.3 is 0 Å². The molecular weight excluding hydrogens is 200 g/mol. The number of nitrogens with one attached hydrogen (secondary N) is 2. The second-order valence-corrected chi connectivity index (χ2v) is 3.32. The van der Waals surface area contributed by atoms with E-state index < -0.39 is 5.03 Å². The zero-order chi connectivity index (χ0) is 11.1. The van der Waals surface area contributed by atoms with Crippen LogP contribution in [0.1, 0.15) is 13.3 Å². The van der Waals surface area contributed by atoms with Crippen LogP contribution in [0.5, 0.6) is 0 Å². The van der Waals surface area contributed by atoms with Crippen molar-refractivity contribution in [2.24, 2.45) is 10.9 Å². The highest BCUT2D eigenvalue weighted by molar-refractivity contribution is 5.78. The summed E-state index contributed by atoms with van der Waals surface area (Å²) in [6.07, 6.45) is 0.974. The Morgan fingerprint density at radius 3 is 3.07 bits per heavy atom. The lowest BCUT2D eigenvalue weighted by Crippen LogP contribution is -2.40. The third-order valence-electron chi connectivity index (χ3n) is 2.07. The van der Waals surface area contributed by atoms with E-state index in [-0.39, 0.29) is 5.96 Å². The molecule has 0 bridgehead atoms. The van der Waals surface area contributed by atoms with Crippen LogP contribution in [-0.4, -0.2) is 37.3 Å². The van der Waals surface area contributed by atoms with Crippen LogP contribution in [-0.2, 0) is 4.74 Å². The summed E-state index contributed by atoms with van der Waals surface area (Å²) in [7, 11) is 0. The fourth-order valence-corrected chi connectivity index (χ4v) is 1.33. The minimum atomic E-state index is -0.618. The zero-order valence-corrected chi connectivity index (χ0v) is 8.73. The number of hydrazine groups is 1. The van der Waals surface area contributed by atoms with Gasteiger partial charge in [0.1, 0.15) is 0 Å². The van der Waals surface area contributed by atoms with E-state index in [0.29, 0.717) is 25.6 Å². The van der Waals surface area contributed by atoms with Gasteiger partial charge in [-0.15, -0.1) is 0 Å². The molecule has 0 aromatic carbocycles. The Labute approximate surface area is 88.0 Å². The van der Waals surface area contributed by atoms with E-state index >= 15 is 0 Å². The molecule has 1 aliphatic heterocycles. The zero-order valence-electron chi connectivity index (χ0n) is 8.73. The molecule has 1 heterocycles. The molecule has 86 valence electrons. The van der Waals surface area contributed by atoms with Gasteiger partial charge in [0.2, 0.25) is 0 Å². The number of nitrogens with zero attached hydrogens (tertiary/aromatic N) is 2. The van der Waals surface area contributed by atoms with Gasteiger partial charge in [-0.05, 0) is 13.3 Å². The van der Waals surface area contributed by atoms with Crippen LogP contribution >= 0.6 is 0 Å². The molecule has 1 aliphatic rings. The summed E-state index contributed by atoms with van der Waals surface area (Å²) in [4.78, 5) is 14.3. The van der Waals surface area contributed by atoms with Crippen molar-refractivity contribution in [3.63, 3.8) is 0 Å². The van der Waals surface area contributed by atoms with E-state index in [1.807, 2.05) is 12.3 Å². The average molecular weight is 216 g/mol. The lowest BCUT2D eigenvalue weighted by atomic mass is 10.1. The molecule has 7 heteroatoms. The Bertz CT molecular complexity index is 238. The first kappa shape index (κ1) is 11.7. The predicted molar refractivity (Wildman–Crippen MR) is 55.0 cm³/mol. The minimum absolute atomic E-state index is 0.217. The number of ether oxygens (including phenoxy) is 1. The maximum Gasteiger partial charge on any atom is 0.254 e. The Balaban J connectivity index is 2.38. The first-order valence-electron chi connectivity index (χ1n) is 4.99. The molecule has 0 amide bonds. The molecule has 1 rings (SSSR count). The predicted octanol–water partition coefficient (Wildman–Crippen LogP) is -0.230. The Morgan fingerprint density at radius 1 is 1.73 bits per heavy atom. The van der Waals surface area contributed by atoms with E-state index in [1.165, 1.54) is 0 Å². The Hall–Kier alpha value is -1.37. The van der Waals surface area contributed by atoms with Gasteiger partial charge < -0.3 is 10.1 Å². The van der Waals surface area contributed by atoms with Gasteiger partial charge in [-0.1, -0.05) is 5.43 Å². The standard InChI is InChI=1S/C8H16N4O3/c1-2-9-8(11-12(13)14)10-5-7-3-4-15-6-7/h7H,2-6H2,1H3,(H2,9,10,11). The van der Waals surface area contributed by atoms with Crippen molar-refractivity contribution in [2.75, 3.05) is 26.3 Å². The number of nitro groups is 1. The fourth-order valence-electron chi connectivity index (χ4n) is 1.33. The summed E-state index contributed by atoms with van der Waals surface area (Å²) in [5.41, 5.74) is 2.03. The molecule has 15 heavy (non-hydrogen) atoms. The van der Waals surface area contributed by atoms with Crippen LogP contribution in [0.3, 0.4) is 0 Å². The molecule has 1 fully saturated rings. The molecule has 1 saturated heterocycles. The SMILES string of the molecule is CCNC(=NCC1CCOC1)N[N+](=O)[O-]. The quantitative estimate of drug-likeness (QED) is 0.293. The lowest BCUT2D eigenvalue weighted by molar-refractivity contribution is -0.525. The Morgan fingerprint density at radius 2 is 2.53 bits per heavy atom. The maximum atomic E-state index is 10.2. The molecule has 2 N–H and O–H groups in total. The van der Waals surface area contributed by atoms with E-state index in [2.05, 4.69) is 10.3 Å². The number of hydrogen-bond donors (Lipinski definition) is 2. The van der Waals surface area contributed by atoms with Gasteiger partial charge in [-0.2, -0.15) is 0 Å². The van der Waals surface area contributed by atoms with Crippen LogP contribution < -0.4 is 10.7 Å². The van der Waals surface area contributed by atoms with Gasteiger partial charge in [-0.25, -0.2) is 15.1 Å². The van der Waals surface area contributed by atoms with Gasteiger partial charge in [0.15, 0.2) is 5.03 Å². The van der Waals surface area contributed by atoms with E-state index in [9.17, 15) is 10.1 Å².